The van der Waals surface area contributed by atoms with Gasteiger partial charge in [-0.05, 0) is 27.7 Å². The van der Waals surface area contributed by atoms with Crippen LogP contribution in [-0.4, -0.2) is 49.7 Å². The molecule has 29 heavy (non-hydrogen) atoms. The molecule has 1 atom stereocenters. The second kappa shape index (κ2) is 9.56. The molecule has 8 nitrogen and oxygen atoms in total. The zero-order chi connectivity index (χ0) is 21.5. The summed E-state index contributed by atoms with van der Waals surface area (Å²) in [5, 5.41) is 5.22. The molecule has 1 aromatic rings. The van der Waals surface area contributed by atoms with Crippen LogP contribution in [-0.2, 0) is 29.4 Å². The zero-order valence-corrected chi connectivity index (χ0v) is 17.2. The molecule has 0 aromatic heterocycles. The zero-order valence-electron chi connectivity index (χ0n) is 17.2. The Hall–Kier alpha value is -2.87. The predicted octanol–water partition coefficient (Wildman–Crippen LogP) is 2.04. The molecule has 8 heteroatoms. The van der Waals surface area contributed by atoms with Crippen molar-refractivity contribution in [2.24, 2.45) is 0 Å². The van der Waals surface area contributed by atoms with Crippen LogP contribution in [0.5, 0.6) is 0 Å². The van der Waals surface area contributed by atoms with Crippen molar-refractivity contribution < 1.29 is 28.6 Å². The third-order valence-corrected chi connectivity index (χ3v) is 4.04. The molecule has 158 valence electrons. The van der Waals surface area contributed by atoms with Crippen LogP contribution in [0.2, 0.25) is 0 Å². The lowest BCUT2D eigenvalue weighted by Crippen LogP contribution is -2.35. The molecule has 0 spiro atoms. The lowest BCUT2D eigenvalue weighted by Gasteiger charge is -2.23. The standard InChI is InChI=1S/C21H28N2O6/c1-20(2,3)29-19(26)23-11-13-27-12-10-22-18(25)16-14-17(24)21(4,28-16)15-8-6-5-7-9-15/h5-9,14H,10-13H2,1-4H3,(H,22,25)(H,23,26). The molecule has 2 amide bonds. The number of amides is 2. The van der Waals surface area contributed by atoms with Gasteiger partial charge in [-0.2, -0.15) is 0 Å². The van der Waals surface area contributed by atoms with Gasteiger partial charge < -0.3 is 24.8 Å². The monoisotopic (exact) mass is 404 g/mol. The molecule has 0 saturated carbocycles. The minimum absolute atomic E-state index is 0.0204. The SMILES string of the molecule is CC(C)(C)OC(=O)NCCOCCNC(=O)C1=CC(=O)C(C)(c2ccccc2)O1. The largest absolute Gasteiger partial charge is 0.469 e. The molecule has 0 bridgehead atoms. The molecule has 0 radical (unpaired) electrons. The Morgan fingerprint density at radius 2 is 1.69 bits per heavy atom. The Morgan fingerprint density at radius 1 is 1.07 bits per heavy atom. The van der Waals surface area contributed by atoms with E-state index >= 15 is 0 Å². The van der Waals surface area contributed by atoms with Gasteiger partial charge in [0.05, 0.1) is 13.2 Å². The first kappa shape index (κ1) is 22.4. The molecule has 1 unspecified atom stereocenters. The summed E-state index contributed by atoms with van der Waals surface area (Å²) in [6, 6.07) is 9.03. The van der Waals surface area contributed by atoms with Gasteiger partial charge in [0, 0.05) is 24.7 Å². The van der Waals surface area contributed by atoms with Crippen LogP contribution in [0.3, 0.4) is 0 Å². The van der Waals surface area contributed by atoms with Gasteiger partial charge in [-0.1, -0.05) is 30.3 Å². The van der Waals surface area contributed by atoms with Crippen LogP contribution in [0.1, 0.15) is 33.3 Å². The summed E-state index contributed by atoms with van der Waals surface area (Å²) < 4.78 is 16.1. The highest BCUT2D eigenvalue weighted by Crippen LogP contribution is 2.34. The van der Waals surface area contributed by atoms with E-state index in [1.807, 2.05) is 18.2 Å². The summed E-state index contributed by atoms with van der Waals surface area (Å²) in [6.07, 6.45) is 0.708. The quantitative estimate of drug-likeness (QED) is 0.643. The highest BCUT2D eigenvalue weighted by molar-refractivity contribution is 6.07. The summed E-state index contributed by atoms with van der Waals surface area (Å²) in [5.74, 6) is -0.778. The number of hydrogen-bond acceptors (Lipinski definition) is 6. The van der Waals surface area contributed by atoms with Crippen molar-refractivity contribution in [3.05, 3.63) is 47.7 Å². The van der Waals surface area contributed by atoms with Gasteiger partial charge in [-0.15, -0.1) is 0 Å². The van der Waals surface area contributed by atoms with Gasteiger partial charge >= 0.3 is 6.09 Å². The van der Waals surface area contributed by atoms with Gasteiger partial charge in [0.25, 0.3) is 5.91 Å². The van der Waals surface area contributed by atoms with E-state index in [4.69, 9.17) is 14.2 Å². The average Bonchev–Trinajstić information content (AvgIpc) is 2.96. The summed E-state index contributed by atoms with van der Waals surface area (Å²) in [7, 11) is 0. The number of ketones is 1. The van der Waals surface area contributed by atoms with Gasteiger partial charge in [0.1, 0.15) is 5.60 Å². The fourth-order valence-corrected chi connectivity index (χ4v) is 2.59. The third-order valence-electron chi connectivity index (χ3n) is 4.04. The van der Waals surface area contributed by atoms with Crippen molar-refractivity contribution in [2.75, 3.05) is 26.3 Å². The molecule has 0 saturated heterocycles. The fourth-order valence-electron chi connectivity index (χ4n) is 2.59. The van der Waals surface area contributed by atoms with Crippen LogP contribution in [0.4, 0.5) is 4.79 Å². The van der Waals surface area contributed by atoms with E-state index in [1.54, 1.807) is 39.8 Å². The van der Waals surface area contributed by atoms with E-state index in [0.29, 0.717) is 12.1 Å². The Balaban J connectivity index is 1.66. The van der Waals surface area contributed by atoms with Crippen molar-refractivity contribution in [3.8, 4) is 0 Å². The third kappa shape index (κ3) is 6.60. The topological polar surface area (TPSA) is 103 Å². The molecule has 1 aliphatic rings. The minimum atomic E-state index is -1.20. The summed E-state index contributed by atoms with van der Waals surface area (Å²) in [5.41, 5.74) is -1.06. The predicted molar refractivity (Wildman–Crippen MR) is 106 cm³/mol. The maximum atomic E-state index is 12.4. The number of hydrogen-bond donors (Lipinski definition) is 2. The van der Waals surface area contributed by atoms with Gasteiger partial charge in [0.15, 0.2) is 11.4 Å². The molecule has 2 rings (SSSR count). The second-order valence-corrected chi connectivity index (χ2v) is 7.67. The first-order valence-corrected chi connectivity index (χ1v) is 9.45. The van der Waals surface area contributed by atoms with Gasteiger partial charge in [-0.25, -0.2) is 4.79 Å². The van der Waals surface area contributed by atoms with Crippen molar-refractivity contribution >= 4 is 17.8 Å². The van der Waals surface area contributed by atoms with Crippen molar-refractivity contribution in [1.82, 2.24) is 10.6 Å². The Bertz CT molecular complexity index is 769. The Labute approximate surface area is 170 Å². The maximum absolute atomic E-state index is 12.4. The van der Waals surface area contributed by atoms with Crippen LogP contribution >= 0.6 is 0 Å². The average molecular weight is 404 g/mol. The van der Waals surface area contributed by atoms with E-state index in [-0.39, 0.29) is 31.3 Å². The minimum Gasteiger partial charge on any atom is -0.469 e. The molecule has 1 aliphatic heterocycles. The van der Waals surface area contributed by atoms with Crippen molar-refractivity contribution in [1.29, 1.82) is 0 Å². The van der Waals surface area contributed by atoms with E-state index < -0.39 is 23.2 Å². The molecule has 0 fully saturated rings. The van der Waals surface area contributed by atoms with Crippen LogP contribution < -0.4 is 10.6 Å². The van der Waals surface area contributed by atoms with Crippen LogP contribution in [0, 0.1) is 0 Å². The van der Waals surface area contributed by atoms with Crippen LogP contribution in [0.25, 0.3) is 0 Å². The van der Waals surface area contributed by atoms with Crippen molar-refractivity contribution in [3.63, 3.8) is 0 Å². The smallest absolute Gasteiger partial charge is 0.407 e. The molecule has 0 aliphatic carbocycles. The Kier molecular flexibility index (Phi) is 7.39. The van der Waals surface area contributed by atoms with Gasteiger partial charge in [-0.3, -0.25) is 9.59 Å². The molecule has 1 aromatic carbocycles. The van der Waals surface area contributed by atoms with Gasteiger partial charge in [0.2, 0.25) is 5.78 Å². The lowest BCUT2D eigenvalue weighted by molar-refractivity contribution is -0.132. The number of benzene rings is 1. The summed E-state index contributed by atoms with van der Waals surface area (Å²) in [4.78, 5) is 36.1. The van der Waals surface area contributed by atoms with E-state index in [9.17, 15) is 14.4 Å². The number of nitrogens with one attached hydrogen (secondary N) is 2. The normalized spacial score (nSPS) is 18.6. The van der Waals surface area contributed by atoms with Crippen molar-refractivity contribution in [2.45, 2.75) is 38.9 Å². The summed E-state index contributed by atoms with van der Waals surface area (Å²) in [6.45, 7) is 8.05. The Morgan fingerprint density at radius 3 is 2.31 bits per heavy atom. The van der Waals surface area contributed by atoms with E-state index in [0.717, 1.165) is 0 Å². The molecular formula is C21H28N2O6. The number of alkyl carbamates (subject to hydrolysis) is 1. The highest BCUT2D eigenvalue weighted by atomic mass is 16.6. The first-order chi connectivity index (χ1) is 13.6. The highest BCUT2D eigenvalue weighted by Gasteiger charge is 2.43. The summed E-state index contributed by atoms with van der Waals surface area (Å²) >= 11 is 0. The second-order valence-electron chi connectivity index (χ2n) is 7.67. The fraction of sp³-hybridized carbons (Fsp3) is 0.476. The maximum Gasteiger partial charge on any atom is 0.407 e. The number of rotatable bonds is 8. The van der Waals surface area contributed by atoms with E-state index in [2.05, 4.69) is 10.6 Å². The molecule has 2 N–H and O–H groups in total. The van der Waals surface area contributed by atoms with E-state index in [1.165, 1.54) is 6.08 Å². The number of ether oxygens (including phenoxy) is 3. The number of carbonyl (C=O) groups is 3. The molecule has 1 heterocycles. The first-order valence-electron chi connectivity index (χ1n) is 9.45. The van der Waals surface area contributed by atoms with Crippen LogP contribution in [0.15, 0.2) is 42.2 Å². The lowest BCUT2D eigenvalue weighted by atomic mass is 9.92. The number of carbonyl (C=O) groups excluding carboxylic acids is 3. The molecular weight excluding hydrogens is 376 g/mol.